The molecule has 120 valence electrons. The molecule has 1 atom stereocenters. The number of rotatable bonds is 6. The normalized spacial score (nSPS) is 16.6. The van der Waals surface area contributed by atoms with Gasteiger partial charge in [0.15, 0.2) is 0 Å². The van der Waals surface area contributed by atoms with Crippen molar-refractivity contribution in [1.29, 1.82) is 0 Å². The highest BCUT2D eigenvalue weighted by molar-refractivity contribution is 5.97. The van der Waals surface area contributed by atoms with Crippen molar-refractivity contribution in [3.8, 4) is 0 Å². The molecule has 3 rings (SSSR count). The fourth-order valence-electron chi connectivity index (χ4n) is 2.64. The molecule has 1 amide bonds. The van der Waals surface area contributed by atoms with Crippen molar-refractivity contribution in [2.45, 2.75) is 31.8 Å². The number of amides is 1. The van der Waals surface area contributed by atoms with Gasteiger partial charge < -0.3 is 10.4 Å². The first-order valence-corrected chi connectivity index (χ1v) is 7.61. The monoisotopic (exact) mass is 313 g/mol. The number of carbonyl (C=O) groups excluding carboxylic acids is 1. The summed E-state index contributed by atoms with van der Waals surface area (Å²) in [5.41, 5.74) is 0.239. The Morgan fingerprint density at radius 3 is 2.65 bits per heavy atom. The molecule has 0 aliphatic heterocycles. The molecule has 2 aromatic rings. The highest BCUT2D eigenvalue weighted by atomic mass is 16.4. The third-order valence-corrected chi connectivity index (χ3v) is 4.29. The van der Waals surface area contributed by atoms with Crippen LogP contribution in [0.5, 0.6) is 0 Å². The van der Waals surface area contributed by atoms with E-state index < -0.39 is 17.4 Å². The van der Waals surface area contributed by atoms with Crippen molar-refractivity contribution < 1.29 is 14.7 Å². The molecule has 6 heteroatoms. The first-order valence-electron chi connectivity index (χ1n) is 7.61. The maximum absolute atomic E-state index is 12.3. The molecule has 0 unspecified atom stereocenters. The lowest BCUT2D eigenvalue weighted by molar-refractivity contribution is -0.144. The fraction of sp³-hybridized carbons (Fsp3) is 0.353. The number of nitrogens with zero attached hydrogens (tertiary/aromatic N) is 2. The van der Waals surface area contributed by atoms with Gasteiger partial charge in [-0.25, -0.2) is 4.79 Å². The van der Waals surface area contributed by atoms with Gasteiger partial charge in [-0.1, -0.05) is 30.3 Å². The van der Waals surface area contributed by atoms with E-state index in [-0.39, 0.29) is 5.92 Å². The molecular formula is C17H19N3O3. The Kier molecular flexibility index (Phi) is 3.90. The van der Waals surface area contributed by atoms with Gasteiger partial charge in [-0.3, -0.25) is 9.48 Å². The van der Waals surface area contributed by atoms with Crippen LogP contribution in [-0.4, -0.2) is 32.3 Å². The van der Waals surface area contributed by atoms with E-state index in [1.54, 1.807) is 17.8 Å². The largest absolute Gasteiger partial charge is 0.480 e. The lowest BCUT2D eigenvalue weighted by Gasteiger charge is -2.25. The fourth-order valence-corrected chi connectivity index (χ4v) is 2.64. The Hall–Kier alpha value is -2.63. The second kappa shape index (κ2) is 5.87. The number of aliphatic carboxylic acids is 1. The van der Waals surface area contributed by atoms with E-state index in [4.69, 9.17) is 0 Å². The zero-order valence-electron chi connectivity index (χ0n) is 12.9. The molecule has 1 aliphatic rings. The number of carbonyl (C=O) groups is 2. The number of carboxylic acid groups (broad SMARTS) is 1. The Bertz CT molecular complexity index is 722. The third kappa shape index (κ3) is 3.26. The summed E-state index contributed by atoms with van der Waals surface area (Å²) in [5.74, 6) is -1.39. The smallest absolute Gasteiger partial charge is 0.329 e. The second-order valence-electron chi connectivity index (χ2n) is 6.15. The zero-order chi connectivity index (χ0) is 16.4. The quantitative estimate of drug-likeness (QED) is 0.853. The number of carboxylic acids is 1. The average Bonchev–Trinajstić information content (AvgIpc) is 3.29. The number of aromatic nitrogens is 2. The van der Waals surface area contributed by atoms with E-state index in [1.807, 2.05) is 30.3 Å². The molecule has 0 saturated heterocycles. The predicted molar refractivity (Wildman–Crippen MR) is 84.0 cm³/mol. The van der Waals surface area contributed by atoms with Crippen LogP contribution in [0.15, 0.2) is 42.7 Å². The van der Waals surface area contributed by atoms with Crippen LogP contribution in [0.2, 0.25) is 0 Å². The summed E-state index contributed by atoms with van der Waals surface area (Å²) in [6.07, 6.45) is 4.76. The molecule has 0 spiro atoms. The van der Waals surface area contributed by atoms with Crippen LogP contribution in [0.3, 0.4) is 0 Å². The summed E-state index contributed by atoms with van der Waals surface area (Å²) in [5, 5.41) is 16.2. The van der Waals surface area contributed by atoms with Gasteiger partial charge in [0.2, 0.25) is 0 Å². The van der Waals surface area contributed by atoms with Crippen LogP contribution < -0.4 is 5.32 Å². The van der Waals surface area contributed by atoms with Crippen molar-refractivity contribution in [3.05, 3.63) is 53.9 Å². The first kappa shape index (κ1) is 15.3. The first-order chi connectivity index (χ1) is 11.0. The summed E-state index contributed by atoms with van der Waals surface area (Å²) in [7, 11) is 0. The molecule has 0 bridgehead atoms. The third-order valence-electron chi connectivity index (χ3n) is 4.29. The second-order valence-corrected chi connectivity index (χ2v) is 6.15. The summed E-state index contributed by atoms with van der Waals surface area (Å²) in [6.45, 7) is 2.13. The van der Waals surface area contributed by atoms with Gasteiger partial charge in [0.1, 0.15) is 5.54 Å². The van der Waals surface area contributed by atoms with Gasteiger partial charge in [0.25, 0.3) is 5.91 Å². The molecule has 1 heterocycles. The van der Waals surface area contributed by atoms with Crippen LogP contribution in [0.25, 0.3) is 0 Å². The summed E-state index contributed by atoms with van der Waals surface area (Å²) >= 11 is 0. The van der Waals surface area contributed by atoms with Crippen LogP contribution in [0.1, 0.15) is 35.7 Å². The topological polar surface area (TPSA) is 84.2 Å². The Morgan fingerprint density at radius 1 is 1.35 bits per heavy atom. The van der Waals surface area contributed by atoms with E-state index in [1.165, 1.54) is 6.20 Å². The van der Waals surface area contributed by atoms with Crippen LogP contribution in [-0.2, 0) is 11.3 Å². The number of benzene rings is 1. The minimum absolute atomic E-state index is 0.00307. The summed E-state index contributed by atoms with van der Waals surface area (Å²) in [6, 6.07) is 9.79. The number of hydrogen-bond donors (Lipinski definition) is 2. The minimum Gasteiger partial charge on any atom is -0.480 e. The molecule has 1 aromatic heterocycles. The van der Waals surface area contributed by atoms with Crippen molar-refractivity contribution in [2.24, 2.45) is 5.92 Å². The molecule has 1 saturated carbocycles. The molecule has 1 aliphatic carbocycles. The van der Waals surface area contributed by atoms with Crippen LogP contribution >= 0.6 is 0 Å². The van der Waals surface area contributed by atoms with E-state index in [0.29, 0.717) is 12.1 Å². The highest BCUT2D eigenvalue weighted by Gasteiger charge is 2.48. The van der Waals surface area contributed by atoms with Gasteiger partial charge in [0, 0.05) is 6.20 Å². The molecule has 6 nitrogen and oxygen atoms in total. The maximum Gasteiger partial charge on any atom is 0.329 e. The molecule has 2 N–H and O–H groups in total. The number of hydrogen-bond acceptors (Lipinski definition) is 3. The lowest BCUT2D eigenvalue weighted by atomic mass is 9.95. The van der Waals surface area contributed by atoms with E-state index in [2.05, 4.69) is 10.4 Å². The predicted octanol–water partition coefficient (Wildman–Crippen LogP) is 1.91. The van der Waals surface area contributed by atoms with Crippen LogP contribution in [0.4, 0.5) is 0 Å². The van der Waals surface area contributed by atoms with Gasteiger partial charge in [0.05, 0.1) is 18.3 Å². The van der Waals surface area contributed by atoms with Crippen LogP contribution in [0, 0.1) is 5.92 Å². The molecule has 23 heavy (non-hydrogen) atoms. The number of nitrogens with one attached hydrogen (secondary N) is 1. The Labute approximate surface area is 134 Å². The van der Waals surface area contributed by atoms with Crippen molar-refractivity contribution in [2.75, 3.05) is 0 Å². The minimum atomic E-state index is -1.21. The highest BCUT2D eigenvalue weighted by Crippen LogP contribution is 2.39. The molecular weight excluding hydrogens is 294 g/mol. The van der Waals surface area contributed by atoms with Gasteiger partial charge >= 0.3 is 5.97 Å². The lowest BCUT2D eigenvalue weighted by Crippen LogP contribution is -2.53. The van der Waals surface area contributed by atoms with E-state index in [0.717, 1.165) is 18.4 Å². The standard InChI is InChI=1S/C17H19N3O3/c1-17(16(22)23,14-7-8-14)19-15(21)13-9-18-20(11-13)10-12-5-3-2-4-6-12/h2-6,9,11,14H,7-8,10H2,1H3,(H,19,21)(H,22,23)/t17-/m0/s1. The molecule has 1 aromatic carbocycles. The SMILES string of the molecule is C[C@@](NC(=O)c1cnn(Cc2ccccc2)c1)(C(=O)O)C1CC1. The van der Waals surface area contributed by atoms with Crippen molar-refractivity contribution in [1.82, 2.24) is 15.1 Å². The van der Waals surface area contributed by atoms with Gasteiger partial charge in [-0.2, -0.15) is 5.10 Å². The van der Waals surface area contributed by atoms with Crippen molar-refractivity contribution >= 4 is 11.9 Å². The zero-order valence-corrected chi connectivity index (χ0v) is 12.9. The van der Waals surface area contributed by atoms with Crippen molar-refractivity contribution in [3.63, 3.8) is 0 Å². The average molecular weight is 313 g/mol. The van der Waals surface area contributed by atoms with E-state index in [9.17, 15) is 14.7 Å². The maximum atomic E-state index is 12.3. The Morgan fingerprint density at radius 2 is 2.04 bits per heavy atom. The van der Waals surface area contributed by atoms with Gasteiger partial charge in [-0.15, -0.1) is 0 Å². The molecule has 1 fully saturated rings. The Balaban J connectivity index is 1.70. The van der Waals surface area contributed by atoms with E-state index >= 15 is 0 Å². The molecule has 0 radical (unpaired) electrons. The van der Waals surface area contributed by atoms with Gasteiger partial charge in [-0.05, 0) is 31.2 Å². The summed E-state index contributed by atoms with van der Waals surface area (Å²) < 4.78 is 1.67. The summed E-state index contributed by atoms with van der Waals surface area (Å²) in [4.78, 5) is 23.8.